The molecule has 8 nitrogen and oxygen atoms in total. The van der Waals surface area contributed by atoms with Gasteiger partial charge in [-0.15, -0.1) is 4.72 Å². The van der Waals surface area contributed by atoms with Crippen LogP contribution in [0.5, 0.6) is 0 Å². The number of aliphatic hydroxyl groups is 1. The van der Waals surface area contributed by atoms with E-state index in [-0.39, 0.29) is 17.7 Å². The molecule has 0 aliphatic carbocycles. The van der Waals surface area contributed by atoms with E-state index in [4.69, 9.17) is 9.26 Å². The Morgan fingerprint density at radius 2 is 2.00 bits per heavy atom. The molecular formula is C21H30FN3O5S. The molecule has 2 heterocycles. The fraction of sp³-hybridized carbons (Fsp3) is 0.571. The highest BCUT2D eigenvalue weighted by atomic mass is 32.2. The molecule has 2 aromatic heterocycles. The van der Waals surface area contributed by atoms with Gasteiger partial charge in [-0.2, -0.15) is 4.39 Å². The highest BCUT2D eigenvalue weighted by Gasteiger charge is 2.36. The predicted octanol–water partition coefficient (Wildman–Crippen LogP) is 3.50. The maximum absolute atomic E-state index is 14.2. The van der Waals surface area contributed by atoms with E-state index in [0.29, 0.717) is 16.8 Å². The summed E-state index contributed by atoms with van der Waals surface area (Å²) < 4.78 is 40.3. The molecule has 10 heteroatoms. The van der Waals surface area contributed by atoms with Crippen molar-refractivity contribution in [2.75, 3.05) is 0 Å². The Hall–Kier alpha value is -2.01. The van der Waals surface area contributed by atoms with Crippen LogP contribution in [0, 0.1) is 12.9 Å². The van der Waals surface area contributed by atoms with Crippen molar-refractivity contribution in [1.82, 2.24) is 14.9 Å². The Labute approximate surface area is 184 Å². The number of pyridine rings is 1. The lowest BCUT2D eigenvalue weighted by Gasteiger charge is -2.28. The van der Waals surface area contributed by atoms with E-state index in [0.717, 1.165) is 0 Å². The number of hydrogen-bond acceptors (Lipinski definition) is 8. The first-order chi connectivity index (χ1) is 14.2. The molecule has 0 spiro atoms. The standard InChI is InChI=1S/C21H30FN3O5S/c1-12-17(13-8-9-23-19(22)14(13)11-26)18(30-24-12)15(25-31(28)21(5,6)7)10-16(27)29-20(2,3)4/h8-9,15,25-26H,10-11H2,1-7H3/t15-,31+/m0/s1. The second kappa shape index (κ2) is 9.64. The maximum Gasteiger partial charge on any atom is 0.308 e. The van der Waals surface area contributed by atoms with Crippen molar-refractivity contribution in [3.63, 3.8) is 0 Å². The quantitative estimate of drug-likeness (QED) is 0.370. The molecule has 0 aliphatic heterocycles. The molecule has 0 fully saturated rings. The molecule has 0 radical (unpaired) electrons. The Kier molecular flexibility index (Phi) is 7.85. The van der Waals surface area contributed by atoms with Crippen LogP contribution in [0.25, 0.3) is 11.1 Å². The lowest BCUT2D eigenvalue weighted by molar-refractivity contribution is -0.155. The van der Waals surface area contributed by atoms with Gasteiger partial charge in [0.25, 0.3) is 0 Å². The average molecular weight is 456 g/mol. The lowest BCUT2D eigenvalue weighted by Crippen LogP contribution is -2.42. The van der Waals surface area contributed by atoms with Crippen molar-refractivity contribution in [1.29, 1.82) is 0 Å². The van der Waals surface area contributed by atoms with Crippen molar-refractivity contribution in [2.24, 2.45) is 0 Å². The zero-order valence-corrected chi connectivity index (χ0v) is 19.7. The number of aliphatic hydroxyl groups excluding tert-OH is 1. The normalized spacial score (nSPS) is 14.4. The van der Waals surface area contributed by atoms with Crippen LogP contribution in [0.1, 0.15) is 71.0 Å². The van der Waals surface area contributed by atoms with E-state index in [1.54, 1.807) is 48.5 Å². The summed E-state index contributed by atoms with van der Waals surface area (Å²) in [6.07, 6.45) is 1.08. The number of nitrogens with zero attached hydrogens (tertiary/aromatic N) is 2. The van der Waals surface area contributed by atoms with E-state index in [1.165, 1.54) is 12.3 Å². The van der Waals surface area contributed by atoms with Crippen molar-refractivity contribution < 1.29 is 28.1 Å². The number of aryl methyl sites for hydroxylation is 1. The molecule has 0 unspecified atom stereocenters. The van der Waals surface area contributed by atoms with E-state index in [1.807, 2.05) is 0 Å². The number of carbonyl (C=O) groups is 1. The topological polar surface area (TPSA) is 121 Å². The monoisotopic (exact) mass is 455 g/mol. The fourth-order valence-corrected chi connectivity index (χ4v) is 3.65. The lowest BCUT2D eigenvalue weighted by atomic mass is 9.96. The summed E-state index contributed by atoms with van der Waals surface area (Å²) in [6.45, 7) is 11.7. The van der Waals surface area contributed by atoms with Gasteiger partial charge in [-0.05, 0) is 60.1 Å². The zero-order valence-electron chi connectivity index (χ0n) is 18.9. The van der Waals surface area contributed by atoms with Gasteiger partial charge in [0.15, 0.2) is 5.76 Å². The van der Waals surface area contributed by atoms with Crippen LogP contribution in [-0.2, 0) is 27.5 Å². The van der Waals surface area contributed by atoms with Crippen LogP contribution in [0.4, 0.5) is 4.39 Å². The summed E-state index contributed by atoms with van der Waals surface area (Å²) in [4.78, 5) is 16.2. The molecule has 0 bridgehead atoms. The van der Waals surface area contributed by atoms with Gasteiger partial charge in [-0.3, -0.25) is 4.79 Å². The first-order valence-electron chi connectivity index (χ1n) is 9.85. The third-order valence-corrected chi connectivity index (χ3v) is 5.84. The van der Waals surface area contributed by atoms with Crippen molar-refractivity contribution in [2.45, 2.75) is 77.9 Å². The first kappa shape index (κ1) is 25.3. The highest BCUT2D eigenvalue weighted by molar-refractivity contribution is 7.90. The van der Waals surface area contributed by atoms with Crippen LogP contribution in [-0.4, -0.2) is 36.1 Å². The predicted molar refractivity (Wildman–Crippen MR) is 115 cm³/mol. The van der Waals surface area contributed by atoms with E-state index in [9.17, 15) is 18.8 Å². The van der Waals surface area contributed by atoms with Gasteiger partial charge in [0.05, 0.1) is 18.7 Å². The SMILES string of the molecule is Cc1noc([C@H](CC(=O)OC(C)(C)C)N[S@+]([O-])C(C)(C)C)c1-c1ccnc(F)c1CO. The number of halogens is 1. The zero-order chi connectivity index (χ0) is 23.6. The third-order valence-electron chi connectivity index (χ3n) is 4.23. The minimum Gasteiger partial charge on any atom is -0.598 e. The number of ether oxygens (including phenoxy) is 1. The second-order valence-corrected chi connectivity index (χ2v) is 11.1. The Balaban J connectivity index is 2.55. The molecule has 2 N–H and O–H groups in total. The molecule has 2 atom stereocenters. The molecule has 0 saturated carbocycles. The molecular weight excluding hydrogens is 425 g/mol. The number of rotatable bonds is 7. The van der Waals surface area contributed by atoms with Crippen LogP contribution >= 0.6 is 0 Å². The number of nitrogens with one attached hydrogen (secondary N) is 1. The van der Waals surface area contributed by atoms with Crippen LogP contribution in [0.3, 0.4) is 0 Å². The highest BCUT2D eigenvalue weighted by Crippen LogP contribution is 2.36. The molecule has 0 aliphatic rings. The van der Waals surface area contributed by atoms with Crippen molar-refractivity contribution >= 4 is 17.3 Å². The van der Waals surface area contributed by atoms with Gasteiger partial charge in [0, 0.05) is 28.7 Å². The minimum absolute atomic E-state index is 0.0250. The van der Waals surface area contributed by atoms with Gasteiger partial charge in [0.1, 0.15) is 16.4 Å². The second-order valence-electron chi connectivity index (χ2n) is 9.14. The smallest absolute Gasteiger partial charge is 0.308 e. The molecule has 2 aromatic rings. The van der Waals surface area contributed by atoms with Crippen LogP contribution < -0.4 is 4.72 Å². The van der Waals surface area contributed by atoms with Gasteiger partial charge in [-0.1, -0.05) is 5.16 Å². The fourth-order valence-electron chi connectivity index (χ4n) is 2.85. The van der Waals surface area contributed by atoms with Crippen LogP contribution in [0.15, 0.2) is 16.8 Å². The number of carbonyl (C=O) groups excluding carboxylic acids is 1. The van der Waals surface area contributed by atoms with Gasteiger partial charge in [-0.25, -0.2) is 4.98 Å². The molecule has 172 valence electrons. The van der Waals surface area contributed by atoms with Gasteiger partial charge in [0.2, 0.25) is 5.95 Å². The largest absolute Gasteiger partial charge is 0.598 e. The molecule has 2 rings (SSSR count). The minimum atomic E-state index is -1.56. The average Bonchev–Trinajstić information content (AvgIpc) is 2.99. The van der Waals surface area contributed by atoms with Crippen molar-refractivity contribution in [3.05, 3.63) is 35.2 Å². The Morgan fingerprint density at radius 3 is 2.55 bits per heavy atom. The summed E-state index contributed by atoms with van der Waals surface area (Å²) in [5.41, 5.74) is 0.429. The summed E-state index contributed by atoms with van der Waals surface area (Å²) in [5, 5.41) is 13.7. The number of hydrogen-bond donors (Lipinski definition) is 2. The molecule has 31 heavy (non-hydrogen) atoms. The first-order valence-corrected chi connectivity index (χ1v) is 11.0. The summed E-state index contributed by atoms with van der Waals surface area (Å²) in [5.74, 6) is -1.15. The molecule has 0 aromatic carbocycles. The summed E-state index contributed by atoms with van der Waals surface area (Å²) in [7, 11) is 0. The number of esters is 1. The Morgan fingerprint density at radius 1 is 1.35 bits per heavy atom. The van der Waals surface area contributed by atoms with E-state index < -0.39 is 46.3 Å². The van der Waals surface area contributed by atoms with Gasteiger partial charge >= 0.3 is 5.97 Å². The van der Waals surface area contributed by atoms with E-state index >= 15 is 0 Å². The third kappa shape index (κ3) is 6.49. The van der Waals surface area contributed by atoms with Crippen LogP contribution in [0.2, 0.25) is 0 Å². The molecule has 0 saturated heterocycles. The van der Waals surface area contributed by atoms with Crippen molar-refractivity contribution in [3.8, 4) is 11.1 Å². The molecule has 0 amide bonds. The van der Waals surface area contributed by atoms with E-state index in [2.05, 4.69) is 14.9 Å². The number of aromatic nitrogens is 2. The maximum atomic E-state index is 14.2. The van der Waals surface area contributed by atoms with Gasteiger partial charge < -0.3 is 18.9 Å². The summed E-state index contributed by atoms with van der Waals surface area (Å²) in [6, 6.07) is 0.664. The Bertz CT molecular complexity index is 921. The summed E-state index contributed by atoms with van der Waals surface area (Å²) >= 11 is -1.56.